The Bertz CT molecular complexity index is 920. The van der Waals surface area contributed by atoms with Crippen molar-refractivity contribution in [2.24, 2.45) is 0 Å². The maximum Gasteiger partial charge on any atom is 0.356 e. The molecule has 1 aromatic carbocycles. The molecule has 0 saturated heterocycles. The van der Waals surface area contributed by atoms with Crippen molar-refractivity contribution in [2.45, 2.75) is 19.5 Å². The molecule has 0 atom stereocenters. The summed E-state index contributed by atoms with van der Waals surface area (Å²) in [6, 6.07) is 6.40. The van der Waals surface area contributed by atoms with E-state index in [9.17, 15) is 14.4 Å². The van der Waals surface area contributed by atoms with Gasteiger partial charge in [-0.1, -0.05) is 0 Å². The number of amides is 2. The second-order valence-electron chi connectivity index (χ2n) is 6.18. The molecule has 0 radical (unpaired) electrons. The van der Waals surface area contributed by atoms with E-state index in [1.165, 1.54) is 6.07 Å². The van der Waals surface area contributed by atoms with Crippen LogP contribution in [0, 0.1) is 0 Å². The first-order valence-corrected chi connectivity index (χ1v) is 8.17. The molecule has 9 heteroatoms. The average Bonchev–Trinajstić information content (AvgIpc) is 2.93. The smallest absolute Gasteiger partial charge is 0.356 e. The topological polar surface area (TPSA) is 114 Å². The molecule has 0 saturated carbocycles. The van der Waals surface area contributed by atoms with Crippen molar-refractivity contribution in [1.82, 2.24) is 14.7 Å². The summed E-state index contributed by atoms with van der Waals surface area (Å²) in [6.45, 7) is 1.31. The molecule has 3 heterocycles. The van der Waals surface area contributed by atoms with Crippen LogP contribution in [-0.4, -0.2) is 50.7 Å². The normalized spacial score (nSPS) is 16.0. The lowest BCUT2D eigenvalue weighted by molar-refractivity contribution is -0.118. The molecule has 134 valence electrons. The first-order chi connectivity index (χ1) is 12.5. The first-order valence-electron chi connectivity index (χ1n) is 8.17. The van der Waals surface area contributed by atoms with Crippen molar-refractivity contribution in [3.63, 3.8) is 0 Å². The number of carbonyl (C=O) groups excluding carboxylic acids is 2. The van der Waals surface area contributed by atoms with Crippen LogP contribution in [0.4, 0.5) is 5.69 Å². The number of fused-ring (bicyclic) bond motifs is 2. The van der Waals surface area contributed by atoms with Gasteiger partial charge in [-0.15, -0.1) is 0 Å². The highest BCUT2D eigenvalue weighted by Crippen LogP contribution is 2.29. The zero-order valence-electron chi connectivity index (χ0n) is 13.8. The van der Waals surface area contributed by atoms with E-state index in [1.54, 1.807) is 27.8 Å². The van der Waals surface area contributed by atoms with E-state index in [0.29, 0.717) is 42.2 Å². The number of nitrogens with one attached hydrogen (secondary N) is 1. The molecule has 2 amide bonds. The average molecular weight is 356 g/mol. The van der Waals surface area contributed by atoms with Gasteiger partial charge in [-0.25, -0.2) is 4.79 Å². The summed E-state index contributed by atoms with van der Waals surface area (Å²) >= 11 is 0. The number of carbonyl (C=O) groups is 3. The minimum absolute atomic E-state index is 0.0211. The van der Waals surface area contributed by atoms with Crippen LogP contribution in [0.3, 0.4) is 0 Å². The highest BCUT2D eigenvalue weighted by atomic mass is 16.5. The number of anilines is 1. The van der Waals surface area contributed by atoms with Gasteiger partial charge in [0.05, 0.1) is 17.9 Å². The number of benzene rings is 1. The lowest BCUT2D eigenvalue weighted by Gasteiger charge is -2.22. The Labute approximate surface area is 148 Å². The van der Waals surface area contributed by atoms with Crippen molar-refractivity contribution in [3.8, 4) is 5.75 Å². The first kappa shape index (κ1) is 16.1. The van der Waals surface area contributed by atoms with Gasteiger partial charge in [0.2, 0.25) is 0 Å². The summed E-state index contributed by atoms with van der Waals surface area (Å²) in [4.78, 5) is 37.0. The third kappa shape index (κ3) is 2.87. The van der Waals surface area contributed by atoms with Crippen LogP contribution in [0.15, 0.2) is 24.3 Å². The van der Waals surface area contributed by atoms with E-state index >= 15 is 0 Å². The predicted octanol–water partition coefficient (Wildman–Crippen LogP) is 0.958. The minimum Gasteiger partial charge on any atom is -0.482 e. The van der Waals surface area contributed by atoms with Gasteiger partial charge < -0.3 is 20.1 Å². The Morgan fingerprint density at radius 2 is 2.08 bits per heavy atom. The van der Waals surface area contributed by atoms with Crippen LogP contribution in [0.2, 0.25) is 0 Å². The third-order valence-corrected chi connectivity index (χ3v) is 4.38. The molecule has 0 fully saturated rings. The summed E-state index contributed by atoms with van der Waals surface area (Å²) in [5.74, 6) is -1.03. The Morgan fingerprint density at radius 1 is 1.23 bits per heavy atom. The van der Waals surface area contributed by atoms with Gasteiger partial charge >= 0.3 is 5.97 Å². The van der Waals surface area contributed by atoms with Crippen molar-refractivity contribution >= 4 is 23.5 Å². The number of rotatable bonds is 2. The standard InChI is InChI=1S/C17H16N4O5/c22-15-9-26-14-6-10(2-3-12(14)18-15)16(23)20-4-1-5-21-11(8-20)7-13(19-21)17(24)25/h2-3,6-7H,1,4-5,8-9H2,(H,18,22)(H,24,25). The monoisotopic (exact) mass is 356 g/mol. The second kappa shape index (κ2) is 6.17. The van der Waals surface area contributed by atoms with Crippen LogP contribution in [0.25, 0.3) is 0 Å². The third-order valence-electron chi connectivity index (χ3n) is 4.38. The minimum atomic E-state index is -1.09. The van der Waals surface area contributed by atoms with E-state index < -0.39 is 5.97 Å². The largest absolute Gasteiger partial charge is 0.482 e. The Balaban J connectivity index is 1.58. The van der Waals surface area contributed by atoms with Crippen LogP contribution >= 0.6 is 0 Å². The van der Waals surface area contributed by atoms with Gasteiger partial charge in [0.15, 0.2) is 12.3 Å². The van der Waals surface area contributed by atoms with E-state index in [1.807, 2.05) is 0 Å². The number of carboxylic acids is 1. The van der Waals surface area contributed by atoms with E-state index in [-0.39, 0.29) is 30.7 Å². The lowest BCUT2D eigenvalue weighted by Crippen LogP contribution is -2.31. The van der Waals surface area contributed by atoms with Gasteiger partial charge in [0.25, 0.3) is 11.8 Å². The van der Waals surface area contributed by atoms with Crippen LogP contribution in [-0.2, 0) is 17.9 Å². The number of aromatic nitrogens is 2. The fraction of sp³-hybridized carbons (Fsp3) is 0.294. The highest BCUT2D eigenvalue weighted by Gasteiger charge is 2.24. The molecule has 2 aliphatic rings. The van der Waals surface area contributed by atoms with Crippen molar-refractivity contribution in [3.05, 3.63) is 41.2 Å². The Morgan fingerprint density at radius 3 is 2.88 bits per heavy atom. The molecule has 0 unspecified atom stereocenters. The number of nitrogens with zero attached hydrogens (tertiary/aromatic N) is 3. The van der Waals surface area contributed by atoms with Gasteiger partial charge in [0.1, 0.15) is 5.75 Å². The zero-order valence-corrected chi connectivity index (χ0v) is 13.8. The number of hydrogen-bond acceptors (Lipinski definition) is 5. The quantitative estimate of drug-likeness (QED) is 0.828. The Hall–Kier alpha value is -3.36. The van der Waals surface area contributed by atoms with Gasteiger partial charge in [0, 0.05) is 18.7 Å². The summed E-state index contributed by atoms with van der Waals surface area (Å²) in [6.07, 6.45) is 0.678. The molecule has 1 aromatic heterocycles. The molecular weight excluding hydrogens is 340 g/mol. The second-order valence-corrected chi connectivity index (χ2v) is 6.18. The molecule has 0 aliphatic carbocycles. The number of carboxylic acid groups (broad SMARTS) is 1. The highest BCUT2D eigenvalue weighted by molar-refractivity contribution is 5.99. The molecule has 4 rings (SSSR count). The van der Waals surface area contributed by atoms with Gasteiger partial charge in [-0.2, -0.15) is 5.10 Å². The molecule has 2 N–H and O–H groups in total. The maximum absolute atomic E-state index is 12.9. The number of hydrogen-bond donors (Lipinski definition) is 2. The molecule has 2 aliphatic heterocycles. The fourth-order valence-corrected chi connectivity index (χ4v) is 3.13. The molecule has 2 aromatic rings. The molecule has 26 heavy (non-hydrogen) atoms. The van der Waals surface area contributed by atoms with E-state index in [4.69, 9.17) is 9.84 Å². The predicted molar refractivity (Wildman–Crippen MR) is 89.1 cm³/mol. The van der Waals surface area contributed by atoms with Crippen molar-refractivity contribution in [2.75, 3.05) is 18.5 Å². The zero-order chi connectivity index (χ0) is 18.3. The number of aryl methyl sites for hydroxylation is 1. The van der Waals surface area contributed by atoms with Gasteiger partial charge in [-0.3, -0.25) is 14.3 Å². The molecule has 9 nitrogen and oxygen atoms in total. The molecule has 0 spiro atoms. The van der Waals surface area contributed by atoms with Gasteiger partial charge in [-0.05, 0) is 30.7 Å². The van der Waals surface area contributed by atoms with E-state index in [0.717, 1.165) is 0 Å². The summed E-state index contributed by atoms with van der Waals surface area (Å²) in [5, 5.41) is 15.8. The Kier molecular flexibility index (Phi) is 3.83. The SMILES string of the molecule is O=C1COc2cc(C(=O)N3CCCn4nc(C(=O)O)cc4C3)ccc2N1. The van der Waals surface area contributed by atoms with Crippen LogP contribution in [0.5, 0.6) is 5.75 Å². The van der Waals surface area contributed by atoms with Crippen molar-refractivity contribution in [1.29, 1.82) is 0 Å². The number of ether oxygens (including phenoxy) is 1. The van der Waals surface area contributed by atoms with Crippen LogP contribution in [0.1, 0.15) is 33.0 Å². The van der Waals surface area contributed by atoms with Crippen LogP contribution < -0.4 is 10.1 Å². The molecule has 0 bridgehead atoms. The number of aromatic carboxylic acids is 1. The molecular formula is C17H16N4O5. The summed E-state index contributed by atoms with van der Waals surface area (Å²) in [5.41, 5.74) is 1.66. The lowest BCUT2D eigenvalue weighted by atomic mass is 10.1. The van der Waals surface area contributed by atoms with Crippen molar-refractivity contribution < 1.29 is 24.2 Å². The fourth-order valence-electron chi connectivity index (χ4n) is 3.13. The summed E-state index contributed by atoms with van der Waals surface area (Å²) < 4.78 is 7.00. The maximum atomic E-state index is 12.9. The summed E-state index contributed by atoms with van der Waals surface area (Å²) in [7, 11) is 0. The van der Waals surface area contributed by atoms with E-state index in [2.05, 4.69) is 10.4 Å².